The van der Waals surface area contributed by atoms with E-state index in [4.69, 9.17) is 4.42 Å². The zero-order chi connectivity index (χ0) is 13.9. The van der Waals surface area contributed by atoms with Crippen molar-refractivity contribution in [2.45, 2.75) is 44.9 Å². The lowest BCUT2D eigenvalue weighted by Crippen LogP contribution is -2.14. The summed E-state index contributed by atoms with van der Waals surface area (Å²) in [5.41, 5.74) is 1.10. The Morgan fingerprint density at radius 1 is 1.45 bits per heavy atom. The molecule has 1 amide bonds. The second-order valence-corrected chi connectivity index (χ2v) is 5.13. The zero-order valence-electron chi connectivity index (χ0n) is 11.3. The number of carbonyl (C=O) groups is 1. The molecule has 0 saturated heterocycles. The molecule has 2 aromatic rings. The van der Waals surface area contributed by atoms with Crippen LogP contribution in [0.1, 0.15) is 49.1 Å². The maximum absolute atomic E-state index is 11.8. The number of carbonyl (C=O) groups excluding carboxylic acids is 1. The number of H-pyrrole nitrogens is 1. The summed E-state index contributed by atoms with van der Waals surface area (Å²) in [6.45, 7) is 1.69. The highest BCUT2D eigenvalue weighted by molar-refractivity contribution is 5.90. The molecule has 1 aliphatic rings. The molecular weight excluding hydrogens is 258 g/mol. The molecule has 2 heterocycles. The van der Waals surface area contributed by atoms with E-state index in [2.05, 4.69) is 25.7 Å². The molecule has 0 bridgehead atoms. The highest BCUT2D eigenvalue weighted by atomic mass is 16.4. The SMILES string of the molecule is Cc1nnc(CC(=O)Nc2cc(C3CCCC3)[nH]n2)o1. The number of aryl methyl sites for hydroxylation is 1. The van der Waals surface area contributed by atoms with Crippen molar-refractivity contribution in [3.8, 4) is 0 Å². The van der Waals surface area contributed by atoms with Crippen LogP contribution in [0.25, 0.3) is 0 Å². The third-order valence-electron chi connectivity index (χ3n) is 3.54. The van der Waals surface area contributed by atoms with E-state index >= 15 is 0 Å². The van der Waals surface area contributed by atoms with Gasteiger partial charge in [0, 0.05) is 24.6 Å². The van der Waals surface area contributed by atoms with E-state index in [9.17, 15) is 4.79 Å². The predicted octanol–water partition coefficient (Wildman–Crippen LogP) is 1.94. The minimum absolute atomic E-state index is 0.0620. The summed E-state index contributed by atoms with van der Waals surface area (Å²) in [7, 11) is 0. The summed E-state index contributed by atoms with van der Waals surface area (Å²) in [6, 6.07) is 1.91. The molecule has 2 aromatic heterocycles. The maximum atomic E-state index is 11.8. The molecule has 0 aliphatic heterocycles. The second kappa shape index (κ2) is 5.44. The normalized spacial score (nSPS) is 15.7. The summed E-state index contributed by atoms with van der Waals surface area (Å²) in [5.74, 6) is 1.65. The summed E-state index contributed by atoms with van der Waals surface area (Å²) in [4.78, 5) is 11.8. The van der Waals surface area contributed by atoms with Gasteiger partial charge in [0.15, 0.2) is 5.82 Å². The molecule has 0 atom stereocenters. The highest BCUT2D eigenvalue weighted by Gasteiger charge is 2.19. The van der Waals surface area contributed by atoms with Gasteiger partial charge in [-0.05, 0) is 12.8 Å². The number of nitrogens with one attached hydrogen (secondary N) is 2. The molecule has 0 aromatic carbocycles. The fraction of sp³-hybridized carbons (Fsp3) is 0.538. The zero-order valence-corrected chi connectivity index (χ0v) is 11.3. The van der Waals surface area contributed by atoms with Crippen LogP contribution in [0.4, 0.5) is 5.82 Å². The van der Waals surface area contributed by atoms with Crippen LogP contribution >= 0.6 is 0 Å². The quantitative estimate of drug-likeness (QED) is 0.888. The van der Waals surface area contributed by atoms with Crippen molar-refractivity contribution >= 4 is 11.7 Å². The van der Waals surface area contributed by atoms with Crippen molar-refractivity contribution < 1.29 is 9.21 Å². The third kappa shape index (κ3) is 2.87. The van der Waals surface area contributed by atoms with Crippen LogP contribution in [0.15, 0.2) is 10.5 Å². The van der Waals surface area contributed by atoms with Gasteiger partial charge in [-0.15, -0.1) is 10.2 Å². The van der Waals surface area contributed by atoms with E-state index in [1.54, 1.807) is 6.92 Å². The number of hydrogen-bond donors (Lipinski definition) is 2. The Labute approximate surface area is 116 Å². The fourth-order valence-corrected chi connectivity index (χ4v) is 2.58. The molecule has 2 N–H and O–H groups in total. The van der Waals surface area contributed by atoms with Crippen molar-refractivity contribution in [2.75, 3.05) is 5.32 Å². The van der Waals surface area contributed by atoms with Crippen molar-refractivity contribution in [3.63, 3.8) is 0 Å². The number of amides is 1. The van der Waals surface area contributed by atoms with Gasteiger partial charge in [0.1, 0.15) is 6.42 Å². The molecular formula is C13H17N5O2. The second-order valence-electron chi connectivity index (χ2n) is 5.13. The van der Waals surface area contributed by atoms with E-state index in [1.165, 1.54) is 25.7 Å². The van der Waals surface area contributed by atoms with E-state index < -0.39 is 0 Å². The molecule has 106 valence electrons. The first-order valence-corrected chi connectivity index (χ1v) is 6.85. The minimum Gasteiger partial charge on any atom is -0.425 e. The van der Waals surface area contributed by atoms with E-state index in [0.717, 1.165) is 5.69 Å². The Balaban J connectivity index is 1.58. The average Bonchev–Trinajstić information content (AvgIpc) is 3.10. The van der Waals surface area contributed by atoms with Gasteiger partial charge in [0.25, 0.3) is 0 Å². The van der Waals surface area contributed by atoms with Crippen LogP contribution < -0.4 is 5.32 Å². The lowest BCUT2D eigenvalue weighted by molar-refractivity contribution is -0.115. The topological polar surface area (TPSA) is 96.7 Å². The van der Waals surface area contributed by atoms with Crippen molar-refractivity contribution in [3.05, 3.63) is 23.5 Å². The summed E-state index contributed by atoms with van der Waals surface area (Å²) in [5, 5.41) is 17.3. The summed E-state index contributed by atoms with van der Waals surface area (Å²) in [6.07, 6.45) is 4.98. The van der Waals surface area contributed by atoms with Gasteiger partial charge in [-0.2, -0.15) is 5.10 Å². The van der Waals surface area contributed by atoms with Gasteiger partial charge in [-0.3, -0.25) is 9.89 Å². The first-order valence-electron chi connectivity index (χ1n) is 6.85. The van der Waals surface area contributed by atoms with Crippen LogP contribution in [0, 0.1) is 6.92 Å². The average molecular weight is 275 g/mol. The predicted molar refractivity (Wildman–Crippen MR) is 71.2 cm³/mol. The third-order valence-corrected chi connectivity index (χ3v) is 3.54. The Morgan fingerprint density at radius 3 is 2.95 bits per heavy atom. The number of hydrogen-bond acceptors (Lipinski definition) is 5. The van der Waals surface area contributed by atoms with Gasteiger partial charge in [-0.25, -0.2) is 0 Å². The van der Waals surface area contributed by atoms with Crippen LogP contribution in [-0.4, -0.2) is 26.3 Å². The Morgan fingerprint density at radius 2 is 2.25 bits per heavy atom. The van der Waals surface area contributed by atoms with Gasteiger partial charge in [0.2, 0.25) is 17.7 Å². The van der Waals surface area contributed by atoms with Crippen molar-refractivity contribution in [1.82, 2.24) is 20.4 Å². The molecule has 7 nitrogen and oxygen atoms in total. The Kier molecular flexibility index (Phi) is 3.49. The minimum atomic E-state index is -0.210. The lowest BCUT2D eigenvalue weighted by atomic mass is 10.0. The molecule has 0 spiro atoms. The number of nitrogens with zero attached hydrogens (tertiary/aromatic N) is 3. The summed E-state index contributed by atoms with van der Waals surface area (Å²) >= 11 is 0. The van der Waals surface area contributed by atoms with Gasteiger partial charge in [0.05, 0.1) is 0 Å². The molecule has 0 radical (unpaired) electrons. The van der Waals surface area contributed by atoms with Gasteiger partial charge < -0.3 is 9.73 Å². The highest BCUT2D eigenvalue weighted by Crippen LogP contribution is 2.33. The van der Waals surface area contributed by atoms with Gasteiger partial charge in [-0.1, -0.05) is 12.8 Å². The molecule has 1 saturated carbocycles. The van der Waals surface area contributed by atoms with E-state index in [-0.39, 0.29) is 12.3 Å². The van der Waals surface area contributed by atoms with Crippen LogP contribution in [-0.2, 0) is 11.2 Å². The standard InChI is InChI=1S/C13H17N5O2/c1-8-15-18-13(20-8)7-12(19)14-11-6-10(16-17-11)9-4-2-3-5-9/h6,9H,2-5,7H2,1H3,(H2,14,16,17,19). The summed E-state index contributed by atoms with van der Waals surface area (Å²) < 4.78 is 5.17. The van der Waals surface area contributed by atoms with Crippen LogP contribution in [0.5, 0.6) is 0 Å². The first-order chi connectivity index (χ1) is 9.70. The van der Waals surface area contributed by atoms with E-state index in [0.29, 0.717) is 23.5 Å². The fourth-order valence-electron chi connectivity index (χ4n) is 2.58. The van der Waals surface area contributed by atoms with Crippen LogP contribution in [0.2, 0.25) is 0 Å². The Bertz CT molecular complexity index is 597. The number of anilines is 1. The molecule has 20 heavy (non-hydrogen) atoms. The van der Waals surface area contributed by atoms with E-state index in [1.807, 2.05) is 6.07 Å². The van der Waals surface area contributed by atoms with Gasteiger partial charge >= 0.3 is 0 Å². The first kappa shape index (κ1) is 12.8. The van der Waals surface area contributed by atoms with Crippen molar-refractivity contribution in [2.24, 2.45) is 0 Å². The monoisotopic (exact) mass is 275 g/mol. The van der Waals surface area contributed by atoms with Crippen LogP contribution in [0.3, 0.4) is 0 Å². The number of aromatic nitrogens is 4. The Hall–Kier alpha value is -2.18. The molecule has 7 heteroatoms. The number of aromatic amines is 1. The van der Waals surface area contributed by atoms with Crippen molar-refractivity contribution in [1.29, 1.82) is 0 Å². The molecule has 3 rings (SSSR count). The molecule has 1 aliphatic carbocycles. The smallest absolute Gasteiger partial charge is 0.234 e. The largest absolute Gasteiger partial charge is 0.425 e. The molecule has 1 fully saturated rings. The number of rotatable bonds is 4. The lowest BCUT2D eigenvalue weighted by Gasteiger charge is -2.03. The maximum Gasteiger partial charge on any atom is 0.234 e. The molecule has 0 unspecified atom stereocenters.